The van der Waals surface area contributed by atoms with Gasteiger partial charge in [0.2, 0.25) is 0 Å². The molecule has 1 aromatic rings. The third kappa shape index (κ3) is 4.69. The molecule has 2 atom stereocenters. The molecule has 1 aromatic carbocycles. The van der Waals surface area contributed by atoms with E-state index in [0.29, 0.717) is 18.6 Å². The fourth-order valence-corrected chi connectivity index (χ4v) is 2.49. The van der Waals surface area contributed by atoms with E-state index in [0.717, 1.165) is 5.56 Å². The molecule has 0 aliphatic carbocycles. The molecule has 2 rings (SSSR count). The second-order valence-electron chi connectivity index (χ2n) is 6.45. The summed E-state index contributed by atoms with van der Waals surface area (Å²) in [6, 6.07) is 6.85. The molecule has 6 nitrogen and oxygen atoms in total. The standard InChI is InChI=1S/C17H23NO5/c1-17(2,3)23-16(20)18-13-8-9-22-14(13)11-6-5-7-12(10-11)15(19)21-4/h5-7,10,13-14H,8-9H2,1-4H3,(H,18,20). The fourth-order valence-electron chi connectivity index (χ4n) is 2.49. The highest BCUT2D eigenvalue weighted by atomic mass is 16.6. The zero-order chi connectivity index (χ0) is 17.0. The summed E-state index contributed by atoms with van der Waals surface area (Å²) >= 11 is 0. The van der Waals surface area contributed by atoms with Crippen LogP contribution in [0.15, 0.2) is 24.3 Å². The Labute approximate surface area is 136 Å². The maximum absolute atomic E-state index is 12.0. The molecule has 0 saturated carbocycles. The van der Waals surface area contributed by atoms with Gasteiger partial charge in [-0.05, 0) is 44.9 Å². The first-order valence-electron chi connectivity index (χ1n) is 7.59. The molecule has 0 radical (unpaired) electrons. The largest absolute Gasteiger partial charge is 0.465 e. The average molecular weight is 321 g/mol. The van der Waals surface area contributed by atoms with Crippen LogP contribution >= 0.6 is 0 Å². The summed E-state index contributed by atoms with van der Waals surface area (Å²) in [5.41, 5.74) is 0.729. The molecule has 1 N–H and O–H groups in total. The average Bonchev–Trinajstić information content (AvgIpc) is 2.92. The van der Waals surface area contributed by atoms with Crippen LogP contribution < -0.4 is 5.32 Å². The number of alkyl carbamates (subject to hydrolysis) is 1. The van der Waals surface area contributed by atoms with Crippen LogP contribution in [-0.2, 0) is 14.2 Å². The maximum atomic E-state index is 12.0. The van der Waals surface area contributed by atoms with Gasteiger partial charge in [0.15, 0.2) is 0 Å². The van der Waals surface area contributed by atoms with Crippen molar-refractivity contribution in [3.05, 3.63) is 35.4 Å². The number of hydrogen-bond donors (Lipinski definition) is 1. The van der Waals surface area contributed by atoms with Gasteiger partial charge in [-0.15, -0.1) is 0 Å². The number of amides is 1. The summed E-state index contributed by atoms with van der Waals surface area (Å²) in [6.07, 6.45) is -0.0962. The number of rotatable bonds is 3. The molecule has 1 aliphatic heterocycles. The number of methoxy groups -OCH3 is 1. The zero-order valence-electron chi connectivity index (χ0n) is 13.9. The summed E-state index contributed by atoms with van der Waals surface area (Å²) in [5, 5.41) is 2.84. The highest BCUT2D eigenvalue weighted by molar-refractivity contribution is 5.89. The first kappa shape index (κ1) is 17.3. The number of carbonyl (C=O) groups excluding carboxylic acids is 2. The number of carbonyl (C=O) groups is 2. The van der Waals surface area contributed by atoms with Crippen molar-refractivity contribution in [3.63, 3.8) is 0 Å². The van der Waals surface area contributed by atoms with Crippen LogP contribution in [0.1, 0.15) is 49.2 Å². The molecule has 23 heavy (non-hydrogen) atoms. The Bertz CT molecular complexity index is 579. The van der Waals surface area contributed by atoms with Crippen LogP contribution in [0.2, 0.25) is 0 Å². The van der Waals surface area contributed by atoms with Crippen LogP contribution in [0.3, 0.4) is 0 Å². The van der Waals surface area contributed by atoms with E-state index in [9.17, 15) is 9.59 Å². The number of nitrogens with one attached hydrogen (secondary N) is 1. The topological polar surface area (TPSA) is 73.9 Å². The SMILES string of the molecule is COC(=O)c1cccc(C2OCCC2NC(=O)OC(C)(C)C)c1. The van der Waals surface area contributed by atoms with E-state index in [1.807, 2.05) is 26.8 Å². The van der Waals surface area contributed by atoms with Gasteiger partial charge >= 0.3 is 12.1 Å². The molecule has 0 bridgehead atoms. The van der Waals surface area contributed by atoms with E-state index in [-0.39, 0.29) is 12.1 Å². The van der Waals surface area contributed by atoms with Crippen molar-refractivity contribution in [2.24, 2.45) is 0 Å². The molecule has 1 heterocycles. The Morgan fingerprint density at radius 3 is 2.70 bits per heavy atom. The predicted octanol–water partition coefficient (Wildman–Crippen LogP) is 2.83. The van der Waals surface area contributed by atoms with E-state index in [1.54, 1.807) is 18.2 Å². The summed E-state index contributed by atoms with van der Waals surface area (Å²) < 4.78 is 15.7. The number of ether oxygens (including phenoxy) is 3. The van der Waals surface area contributed by atoms with Crippen molar-refractivity contribution < 1.29 is 23.8 Å². The lowest BCUT2D eigenvalue weighted by Gasteiger charge is -2.24. The summed E-state index contributed by atoms with van der Waals surface area (Å²) in [7, 11) is 1.34. The van der Waals surface area contributed by atoms with Gasteiger partial charge in [0.05, 0.1) is 18.7 Å². The molecule has 126 valence electrons. The van der Waals surface area contributed by atoms with Crippen molar-refractivity contribution >= 4 is 12.1 Å². The van der Waals surface area contributed by atoms with Gasteiger partial charge in [-0.1, -0.05) is 12.1 Å². The molecule has 1 aliphatic rings. The fraction of sp³-hybridized carbons (Fsp3) is 0.529. The van der Waals surface area contributed by atoms with Crippen molar-refractivity contribution in [2.75, 3.05) is 13.7 Å². The monoisotopic (exact) mass is 321 g/mol. The van der Waals surface area contributed by atoms with Crippen LogP contribution in [-0.4, -0.2) is 37.4 Å². The predicted molar refractivity (Wildman–Crippen MR) is 84.2 cm³/mol. The normalized spacial score (nSPS) is 20.9. The van der Waals surface area contributed by atoms with Gasteiger partial charge < -0.3 is 19.5 Å². The minimum Gasteiger partial charge on any atom is -0.465 e. The van der Waals surface area contributed by atoms with Crippen molar-refractivity contribution in [1.82, 2.24) is 5.32 Å². The van der Waals surface area contributed by atoms with Gasteiger partial charge in [-0.3, -0.25) is 0 Å². The summed E-state index contributed by atoms with van der Waals surface area (Å²) in [5.74, 6) is -0.401. The molecular formula is C17H23NO5. The highest BCUT2D eigenvalue weighted by Gasteiger charge is 2.32. The zero-order valence-corrected chi connectivity index (χ0v) is 13.9. The van der Waals surface area contributed by atoms with Gasteiger partial charge in [0.25, 0.3) is 0 Å². The van der Waals surface area contributed by atoms with Gasteiger partial charge in [0.1, 0.15) is 11.7 Å². The highest BCUT2D eigenvalue weighted by Crippen LogP contribution is 2.30. The quantitative estimate of drug-likeness (QED) is 0.867. The van der Waals surface area contributed by atoms with E-state index in [4.69, 9.17) is 14.2 Å². The Morgan fingerprint density at radius 1 is 1.30 bits per heavy atom. The first-order valence-corrected chi connectivity index (χ1v) is 7.59. The molecule has 1 fully saturated rings. The van der Waals surface area contributed by atoms with Crippen LogP contribution in [0.4, 0.5) is 4.79 Å². The van der Waals surface area contributed by atoms with Crippen molar-refractivity contribution in [1.29, 1.82) is 0 Å². The van der Waals surface area contributed by atoms with E-state index >= 15 is 0 Å². The Morgan fingerprint density at radius 2 is 2.04 bits per heavy atom. The molecule has 0 spiro atoms. The lowest BCUT2D eigenvalue weighted by atomic mass is 10.0. The van der Waals surface area contributed by atoms with Gasteiger partial charge in [0, 0.05) is 6.61 Å². The van der Waals surface area contributed by atoms with E-state index < -0.39 is 17.7 Å². The molecule has 2 unspecified atom stereocenters. The van der Waals surface area contributed by atoms with Crippen molar-refractivity contribution in [3.8, 4) is 0 Å². The summed E-state index contributed by atoms with van der Waals surface area (Å²) in [4.78, 5) is 23.6. The first-order chi connectivity index (χ1) is 10.8. The molecule has 0 aromatic heterocycles. The Hall–Kier alpha value is -2.08. The third-order valence-electron chi connectivity index (χ3n) is 3.43. The smallest absolute Gasteiger partial charge is 0.407 e. The van der Waals surface area contributed by atoms with Gasteiger partial charge in [-0.2, -0.15) is 0 Å². The van der Waals surface area contributed by atoms with E-state index in [1.165, 1.54) is 7.11 Å². The van der Waals surface area contributed by atoms with Crippen LogP contribution in [0, 0.1) is 0 Å². The lowest BCUT2D eigenvalue weighted by Crippen LogP contribution is -2.40. The van der Waals surface area contributed by atoms with Crippen molar-refractivity contribution in [2.45, 2.75) is 44.9 Å². The minimum atomic E-state index is -0.552. The van der Waals surface area contributed by atoms with Crippen LogP contribution in [0.25, 0.3) is 0 Å². The Balaban J connectivity index is 2.10. The molecule has 1 saturated heterocycles. The number of hydrogen-bond acceptors (Lipinski definition) is 5. The number of esters is 1. The van der Waals surface area contributed by atoms with E-state index in [2.05, 4.69) is 5.32 Å². The minimum absolute atomic E-state index is 0.197. The molecule has 6 heteroatoms. The Kier molecular flexibility index (Phi) is 5.26. The molecular weight excluding hydrogens is 298 g/mol. The third-order valence-corrected chi connectivity index (χ3v) is 3.43. The molecule has 1 amide bonds. The second-order valence-corrected chi connectivity index (χ2v) is 6.45. The second kappa shape index (κ2) is 7.00. The number of benzene rings is 1. The lowest BCUT2D eigenvalue weighted by molar-refractivity contribution is 0.0445. The maximum Gasteiger partial charge on any atom is 0.407 e. The van der Waals surface area contributed by atoms with Gasteiger partial charge in [-0.25, -0.2) is 9.59 Å². The van der Waals surface area contributed by atoms with Crippen LogP contribution in [0.5, 0.6) is 0 Å². The summed E-state index contributed by atoms with van der Waals surface area (Å²) in [6.45, 7) is 5.98.